The summed E-state index contributed by atoms with van der Waals surface area (Å²) in [4.78, 5) is 0. The van der Waals surface area contributed by atoms with Crippen LogP contribution in [0.4, 0.5) is 0 Å². The summed E-state index contributed by atoms with van der Waals surface area (Å²) in [7, 11) is 0. The molecule has 1 fully saturated rings. The molecule has 1 atom stereocenters. The maximum Gasteiger partial charge on any atom is 0.113 e. The van der Waals surface area contributed by atoms with Gasteiger partial charge in [0.25, 0.3) is 0 Å². The number of hydrogen-bond donors (Lipinski definition) is 1. The van der Waals surface area contributed by atoms with Crippen molar-refractivity contribution in [3.05, 3.63) is 0 Å². The normalized spacial score (nSPS) is 33.0. The fraction of sp³-hybridized carbons (Fsp3) is 1.00. The number of ether oxygens (including phenoxy) is 1. The highest BCUT2D eigenvalue weighted by Crippen LogP contribution is 2.14. The molecule has 0 aromatic rings. The van der Waals surface area contributed by atoms with E-state index in [0.717, 1.165) is 11.9 Å². The molecule has 1 rings (SSSR count). The van der Waals surface area contributed by atoms with Gasteiger partial charge in [-0.25, -0.2) is 0 Å². The zero-order chi connectivity index (χ0) is 6.91. The Bertz CT molecular complexity index is 105. The largest absolute Gasteiger partial charge is 0.360 e. The van der Waals surface area contributed by atoms with E-state index in [9.17, 15) is 0 Å². The van der Waals surface area contributed by atoms with Gasteiger partial charge in [-0.1, -0.05) is 15.9 Å². The summed E-state index contributed by atoms with van der Waals surface area (Å²) in [5.41, 5.74) is -0.113. The highest BCUT2D eigenvalue weighted by Gasteiger charge is 2.29. The first kappa shape index (κ1) is 7.51. The molecule has 0 aromatic carbocycles. The Hall–Kier alpha value is 0.400. The van der Waals surface area contributed by atoms with E-state index in [1.54, 1.807) is 0 Å². The van der Waals surface area contributed by atoms with Crippen molar-refractivity contribution in [3.63, 3.8) is 0 Å². The lowest BCUT2D eigenvalue weighted by atomic mass is 10.3. The lowest BCUT2D eigenvalue weighted by molar-refractivity contribution is 0.0232. The van der Waals surface area contributed by atoms with Crippen LogP contribution in [-0.4, -0.2) is 23.7 Å². The predicted molar refractivity (Wildman–Crippen MR) is 40.7 cm³/mol. The van der Waals surface area contributed by atoms with Gasteiger partial charge in [0.1, 0.15) is 5.72 Å². The van der Waals surface area contributed by atoms with E-state index in [1.165, 1.54) is 0 Å². The molecule has 3 heteroatoms. The quantitative estimate of drug-likeness (QED) is 0.631. The average molecular weight is 194 g/mol. The summed E-state index contributed by atoms with van der Waals surface area (Å²) in [6.45, 7) is 4.89. The molecule has 0 amide bonds. The highest BCUT2D eigenvalue weighted by atomic mass is 79.9. The van der Waals surface area contributed by atoms with Crippen molar-refractivity contribution in [2.45, 2.75) is 25.6 Å². The van der Waals surface area contributed by atoms with Crippen LogP contribution in [0.2, 0.25) is 0 Å². The van der Waals surface area contributed by atoms with Gasteiger partial charge >= 0.3 is 0 Å². The molecule has 0 aliphatic carbocycles. The van der Waals surface area contributed by atoms with Gasteiger partial charge < -0.3 is 4.74 Å². The minimum absolute atomic E-state index is 0.113. The third kappa shape index (κ3) is 1.92. The Labute approximate surface area is 64.1 Å². The lowest BCUT2D eigenvalue weighted by Gasteiger charge is -2.17. The number of nitrogens with one attached hydrogen (secondary N) is 1. The summed E-state index contributed by atoms with van der Waals surface area (Å²) < 4.78 is 5.40. The second-order valence-electron chi connectivity index (χ2n) is 2.82. The van der Waals surface area contributed by atoms with Crippen LogP contribution in [0.3, 0.4) is 0 Å². The number of halogens is 1. The first-order chi connectivity index (χ1) is 4.14. The van der Waals surface area contributed by atoms with Crippen molar-refractivity contribution < 1.29 is 4.74 Å². The molecule has 0 aromatic heterocycles. The summed E-state index contributed by atoms with van der Waals surface area (Å²) in [6.07, 6.45) is 0. The van der Waals surface area contributed by atoms with Crippen LogP contribution < -0.4 is 5.32 Å². The minimum Gasteiger partial charge on any atom is -0.360 e. The van der Waals surface area contributed by atoms with Gasteiger partial charge in [-0.05, 0) is 13.8 Å². The summed E-state index contributed by atoms with van der Waals surface area (Å²) in [5, 5.41) is 4.28. The van der Waals surface area contributed by atoms with Crippen LogP contribution in [0, 0.1) is 0 Å². The summed E-state index contributed by atoms with van der Waals surface area (Å²) >= 11 is 3.39. The number of rotatable bonds is 1. The fourth-order valence-electron chi connectivity index (χ4n) is 0.967. The number of hydrogen-bond acceptors (Lipinski definition) is 2. The smallest absolute Gasteiger partial charge is 0.113 e. The molecule has 0 bridgehead atoms. The molecule has 0 radical (unpaired) electrons. The topological polar surface area (TPSA) is 21.3 Å². The van der Waals surface area contributed by atoms with E-state index in [4.69, 9.17) is 4.74 Å². The molecular formula is C6H12BrNO. The Kier molecular flexibility index (Phi) is 2.14. The predicted octanol–water partition coefficient (Wildman–Crippen LogP) is 1.11. The molecule has 1 aliphatic heterocycles. The first-order valence-electron chi connectivity index (χ1n) is 3.12. The third-order valence-electron chi connectivity index (χ3n) is 1.38. The maximum absolute atomic E-state index is 5.40. The van der Waals surface area contributed by atoms with Gasteiger partial charge in [-0.2, -0.15) is 0 Å². The van der Waals surface area contributed by atoms with Gasteiger partial charge in [0, 0.05) is 11.4 Å². The number of alkyl halides is 1. The molecule has 1 heterocycles. The third-order valence-corrected chi connectivity index (χ3v) is 2.16. The lowest BCUT2D eigenvalue weighted by Crippen LogP contribution is -2.38. The Morgan fingerprint density at radius 3 is 2.67 bits per heavy atom. The molecule has 0 unspecified atom stereocenters. The van der Waals surface area contributed by atoms with Crippen molar-refractivity contribution >= 4 is 15.9 Å². The van der Waals surface area contributed by atoms with E-state index < -0.39 is 0 Å². The van der Waals surface area contributed by atoms with Gasteiger partial charge in [-0.3, -0.25) is 5.32 Å². The zero-order valence-corrected chi connectivity index (χ0v) is 7.36. The van der Waals surface area contributed by atoms with Gasteiger partial charge in [-0.15, -0.1) is 0 Å². The molecule has 0 saturated carbocycles. The van der Waals surface area contributed by atoms with Gasteiger partial charge in [0.15, 0.2) is 0 Å². The van der Waals surface area contributed by atoms with Crippen molar-refractivity contribution in [2.24, 2.45) is 0 Å². The second-order valence-corrected chi connectivity index (χ2v) is 3.46. The standard InChI is InChI=1S/C6H12BrNO/c1-6(2)8-5(3-7)4-9-6/h5,8H,3-4H2,1-2H3/t5-/m0/s1. The first-order valence-corrected chi connectivity index (χ1v) is 4.24. The van der Waals surface area contributed by atoms with Crippen LogP contribution in [0.15, 0.2) is 0 Å². The summed E-state index contributed by atoms with van der Waals surface area (Å²) in [5.74, 6) is 0. The maximum atomic E-state index is 5.40. The van der Waals surface area contributed by atoms with E-state index in [-0.39, 0.29) is 5.72 Å². The van der Waals surface area contributed by atoms with Crippen molar-refractivity contribution in [1.29, 1.82) is 0 Å². The summed E-state index contributed by atoms with van der Waals surface area (Å²) in [6, 6.07) is 0.486. The SMILES string of the molecule is CC1(C)N[C@@H](CBr)CO1. The Morgan fingerprint density at radius 1 is 1.78 bits per heavy atom. The van der Waals surface area contributed by atoms with Gasteiger partial charge in [0.2, 0.25) is 0 Å². The highest BCUT2D eigenvalue weighted by molar-refractivity contribution is 9.09. The van der Waals surface area contributed by atoms with Crippen molar-refractivity contribution in [2.75, 3.05) is 11.9 Å². The van der Waals surface area contributed by atoms with Crippen LogP contribution in [0.1, 0.15) is 13.8 Å². The van der Waals surface area contributed by atoms with Crippen LogP contribution in [0.5, 0.6) is 0 Å². The zero-order valence-electron chi connectivity index (χ0n) is 5.78. The molecule has 54 valence electrons. The van der Waals surface area contributed by atoms with Crippen LogP contribution in [-0.2, 0) is 4.74 Å². The molecule has 0 spiro atoms. The van der Waals surface area contributed by atoms with E-state index in [2.05, 4.69) is 21.2 Å². The molecule has 1 aliphatic rings. The van der Waals surface area contributed by atoms with Crippen molar-refractivity contribution in [1.82, 2.24) is 5.32 Å². The molecule has 1 N–H and O–H groups in total. The van der Waals surface area contributed by atoms with Gasteiger partial charge in [0.05, 0.1) is 6.61 Å². The van der Waals surface area contributed by atoms with Crippen LogP contribution >= 0.6 is 15.9 Å². The molecule has 9 heavy (non-hydrogen) atoms. The molecular weight excluding hydrogens is 182 g/mol. The van der Waals surface area contributed by atoms with Crippen molar-refractivity contribution in [3.8, 4) is 0 Å². The Balaban J connectivity index is 2.38. The average Bonchev–Trinajstić information content (AvgIpc) is 2.10. The molecule has 2 nitrogen and oxygen atoms in total. The van der Waals surface area contributed by atoms with Crippen LogP contribution in [0.25, 0.3) is 0 Å². The minimum atomic E-state index is -0.113. The monoisotopic (exact) mass is 193 g/mol. The Morgan fingerprint density at radius 2 is 2.44 bits per heavy atom. The second kappa shape index (κ2) is 2.56. The van der Waals surface area contributed by atoms with E-state index in [0.29, 0.717) is 6.04 Å². The van der Waals surface area contributed by atoms with E-state index >= 15 is 0 Å². The van der Waals surface area contributed by atoms with E-state index in [1.807, 2.05) is 13.8 Å². The molecule has 1 saturated heterocycles. The fourth-order valence-corrected chi connectivity index (χ4v) is 1.32.